The second-order valence-electron chi connectivity index (χ2n) is 10.7. The molecule has 1 atom stereocenters. The number of piperazine rings is 1. The lowest BCUT2D eigenvalue weighted by atomic mass is 9.77. The van der Waals surface area contributed by atoms with Crippen LogP contribution >= 0.6 is 24.8 Å². The van der Waals surface area contributed by atoms with Crippen molar-refractivity contribution >= 4 is 24.8 Å². The van der Waals surface area contributed by atoms with Crippen LogP contribution in [0.5, 0.6) is 5.75 Å². The Morgan fingerprint density at radius 1 is 0.897 bits per heavy atom. The van der Waals surface area contributed by atoms with Crippen LogP contribution in [0.25, 0.3) is 0 Å². The van der Waals surface area contributed by atoms with Gasteiger partial charge in [-0.1, -0.05) is 55.4 Å². The fraction of sp³-hybridized carbons (Fsp3) is 0.750. The highest BCUT2D eigenvalue weighted by atomic mass is 35.5. The van der Waals surface area contributed by atoms with Gasteiger partial charge in [-0.2, -0.15) is 0 Å². The first-order valence-electron chi connectivity index (χ1n) is 10.7. The van der Waals surface area contributed by atoms with Gasteiger partial charge in [-0.3, -0.25) is 4.90 Å². The molecule has 0 spiro atoms. The Balaban J connectivity index is 0.00000392. The normalized spacial score (nSPS) is 16.9. The summed E-state index contributed by atoms with van der Waals surface area (Å²) in [7, 11) is 0. The predicted molar refractivity (Wildman–Crippen MR) is 131 cm³/mol. The van der Waals surface area contributed by atoms with Gasteiger partial charge in [-0.25, -0.2) is 0 Å². The molecule has 170 valence electrons. The Morgan fingerprint density at radius 3 is 1.72 bits per heavy atom. The van der Waals surface area contributed by atoms with Gasteiger partial charge in [0, 0.05) is 32.2 Å². The molecular weight excluding hydrogens is 403 g/mol. The van der Waals surface area contributed by atoms with E-state index in [4.69, 9.17) is 0 Å². The fourth-order valence-corrected chi connectivity index (χ4v) is 4.04. The van der Waals surface area contributed by atoms with Gasteiger partial charge in [0.05, 0.1) is 0 Å². The van der Waals surface area contributed by atoms with Crippen LogP contribution in [0.3, 0.4) is 0 Å². The fourth-order valence-electron chi connectivity index (χ4n) is 4.04. The van der Waals surface area contributed by atoms with E-state index in [1.165, 1.54) is 18.4 Å². The Hall–Kier alpha value is -0.480. The monoisotopic (exact) mass is 446 g/mol. The second-order valence-corrected chi connectivity index (χ2v) is 10.7. The molecule has 0 unspecified atom stereocenters. The maximum Gasteiger partial charge on any atom is 0.123 e. The van der Waals surface area contributed by atoms with Crippen LogP contribution in [0, 0.1) is 5.92 Å². The topological polar surface area (TPSA) is 35.5 Å². The molecule has 0 aliphatic carbocycles. The number of phenolic OH excluding ortho intramolecular Hbond substituents is 1. The molecule has 1 aliphatic rings. The highest BCUT2D eigenvalue weighted by Crippen LogP contribution is 2.42. The lowest BCUT2D eigenvalue weighted by Gasteiger charge is -2.37. The number of phenols is 1. The molecular formula is C24H44Cl2N2O. The smallest absolute Gasteiger partial charge is 0.123 e. The number of halogens is 2. The third-order valence-corrected chi connectivity index (χ3v) is 5.74. The Bertz CT molecular complexity index is 592. The highest BCUT2D eigenvalue weighted by Gasteiger charge is 2.30. The van der Waals surface area contributed by atoms with Gasteiger partial charge in [0.2, 0.25) is 0 Å². The molecule has 29 heavy (non-hydrogen) atoms. The summed E-state index contributed by atoms with van der Waals surface area (Å²) in [6.07, 6.45) is 2.40. The summed E-state index contributed by atoms with van der Waals surface area (Å²) in [5.41, 5.74) is 3.38. The van der Waals surface area contributed by atoms with Crippen molar-refractivity contribution in [3.63, 3.8) is 0 Å². The Labute approximate surface area is 191 Å². The van der Waals surface area contributed by atoms with Crippen molar-refractivity contribution in [2.75, 3.05) is 26.2 Å². The van der Waals surface area contributed by atoms with Crippen molar-refractivity contribution in [2.45, 2.75) is 85.1 Å². The molecule has 2 N–H and O–H groups in total. The quantitative estimate of drug-likeness (QED) is 0.563. The molecule has 0 amide bonds. The summed E-state index contributed by atoms with van der Waals surface area (Å²) in [6, 6.07) is 5.01. The number of rotatable bonds is 5. The molecule has 2 rings (SSSR count). The molecule has 1 fully saturated rings. The summed E-state index contributed by atoms with van der Waals surface area (Å²) in [5.74, 6) is 1.19. The van der Waals surface area contributed by atoms with Gasteiger partial charge in [0.15, 0.2) is 0 Å². The summed E-state index contributed by atoms with van der Waals surface area (Å²) in [4.78, 5) is 2.64. The van der Waals surface area contributed by atoms with Gasteiger partial charge in [0.1, 0.15) is 5.75 Å². The van der Waals surface area contributed by atoms with Crippen molar-refractivity contribution in [3.8, 4) is 5.75 Å². The van der Waals surface area contributed by atoms with E-state index in [0.29, 0.717) is 17.7 Å². The van der Waals surface area contributed by atoms with E-state index < -0.39 is 0 Å². The molecule has 1 aliphatic heterocycles. The van der Waals surface area contributed by atoms with E-state index in [0.717, 1.165) is 37.3 Å². The Morgan fingerprint density at radius 2 is 1.34 bits per heavy atom. The molecule has 3 nitrogen and oxygen atoms in total. The summed E-state index contributed by atoms with van der Waals surface area (Å²) in [6.45, 7) is 22.1. The SMILES string of the molecule is CC(C)CC[C@@H](c1cc(C(C)(C)C)c(O)c(C(C)(C)C)c1)N1CCNCC1.Cl.Cl. The number of hydrogen-bond donors (Lipinski definition) is 2. The van der Waals surface area contributed by atoms with E-state index in [-0.39, 0.29) is 35.6 Å². The van der Waals surface area contributed by atoms with E-state index in [1.807, 2.05) is 0 Å². The summed E-state index contributed by atoms with van der Waals surface area (Å²) in [5, 5.41) is 14.6. The molecule has 1 aromatic rings. The van der Waals surface area contributed by atoms with Crippen molar-refractivity contribution < 1.29 is 5.11 Å². The van der Waals surface area contributed by atoms with Crippen molar-refractivity contribution in [3.05, 3.63) is 28.8 Å². The zero-order valence-electron chi connectivity index (χ0n) is 19.8. The predicted octanol–water partition coefficient (Wildman–Crippen LogP) is 6.21. The summed E-state index contributed by atoms with van der Waals surface area (Å²) >= 11 is 0. The number of hydrogen-bond acceptors (Lipinski definition) is 3. The van der Waals surface area contributed by atoms with Crippen LogP contribution in [0.15, 0.2) is 12.1 Å². The zero-order valence-corrected chi connectivity index (χ0v) is 21.4. The molecule has 0 saturated carbocycles. The number of nitrogens with zero attached hydrogens (tertiary/aromatic N) is 1. The van der Waals surface area contributed by atoms with E-state index >= 15 is 0 Å². The maximum absolute atomic E-state index is 11.1. The van der Waals surface area contributed by atoms with Crippen molar-refractivity contribution in [1.29, 1.82) is 0 Å². The first kappa shape index (κ1) is 28.5. The minimum absolute atomic E-state index is 0. The standard InChI is InChI=1S/C24H42N2O.2ClH/c1-17(2)9-10-21(26-13-11-25-12-14-26)18-15-19(23(3,4)5)22(27)20(16-18)24(6,7)8;;/h15-17,21,25,27H,9-14H2,1-8H3;2*1H/t21-;;/m0../s1. The molecule has 1 heterocycles. The average Bonchev–Trinajstić information content (AvgIpc) is 2.54. The van der Waals surface area contributed by atoms with Gasteiger partial charge < -0.3 is 10.4 Å². The van der Waals surface area contributed by atoms with Gasteiger partial charge in [-0.15, -0.1) is 24.8 Å². The van der Waals surface area contributed by atoms with Crippen LogP contribution in [-0.4, -0.2) is 36.2 Å². The third-order valence-electron chi connectivity index (χ3n) is 5.74. The van der Waals surface area contributed by atoms with Crippen LogP contribution in [-0.2, 0) is 10.8 Å². The summed E-state index contributed by atoms with van der Waals surface area (Å²) < 4.78 is 0. The number of benzene rings is 1. The molecule has 5 heteroatoms. The molecule has 1 saturated heterocycles. The van der Waals surface area contributed by atoms with Gasteiger partial charge in [0.25, 0.3) is 0 Å². The van der Waals surface area contributed by atoms with Crippen LogP contribution in [0.4, 0.5) is 0 Å². The van der Waals surface area contributed by atoms with Gasteiger partial charge >= 0.3 is 0 Å². The van der Waals surface area contributed by atoms with Crippen molar-refractivity contribution in [2.24, 2.45) is 5.92 Å². The van der Waals surface area contributed by atoms with Crippen LogP contribution in [0.2, 0.25) is 0 Å². The van der Waals surface area contributed by atoms with E-state index in [2.05, 4.69) is 77.7 Å². The first-order valence-corrected chi connectivity index (χ1v) is 10.7. The van der Waals surface area contributed by atoms with Gasteiger partial charge in [-0.05, 0) is 58.4 Å². The maximum atomic E-state index is 11.1. The second kappa shape index (κ2) is 11.2. The molecule has 0 bridgehead atoms. The number of aromatic hydroxyl groups is 1. The van der Waals surface area contributed by atoms with E-state index in [1.54, 1.807) is 0 Å². The average molecular weight is 448 g/mol. The van der Waals surface area contributed by atoms with Crippen LogP contribution < -0.4 is 5.32 Å². The molecule has 1 aromatic carbocycles. The minimum atomic E-state index is -0.0772. The lowest BCUT2D eigenvalue weighted by molar-refractivity contribution is 0.159. The van der Waals surface area contributed by atoms with Crippen LogP contribution in [0.1, 0.15) is 91.0 Å². The van der Waals surface area contributed by atoms with Crippen molar-refractivity contribution in [1.82, 2.24) is 10.2 Å². The highest BCUT2D eigenvalue weighted by molar-refractivity contribution is 5.85. The largest absolute Gasteiger partial charge is 0.507 e. The zero-order chi connectivity index (χ0) is 20.4. The Kier molecular flexibility index (Phi) is 11.0. The van der Waals surface area contributed by atoms with E-state index in [9.17, 15) is 5.11 Å². The molecule has 0 radical (unpaired) electrons. The molecule has 0 aromatic heterocycles. The third kappa shape index (κ3) is 7.61. The lowest BCUT2D eigenvalue weighted by Crippen LogP contribution is -2.45. The number of nitrogens with one attached hydrogen (secondary N) is 1. The minimum Gasteiger partial charge on any atom is -0.507 e. The first-order chi connectivity index (χ1) is 12.4.